The van der Waals surface area contributed by atoms with Crippen LogP contribution in [0, 0.1) is 0 Å². The average Bonchev–Trinajstić information content (AvgIpc) is 2.81. The highest BCUT2D eigenvalue weighted by Gasteiger charge is 2.36. The Bertz CT molecular complexity index is 948. The summed E-state index contributed by atoms with van der Waals surface area (Å²) in [5.74, 6) is 2.51. The molecule has 1 N–H and O–H groups in total. The molecule has 2 atom stereocenters. The fraction of sp³-hybridized carbons (Fsp3) is 0.333. The first kappa shape index (κ1) is 19.4. The highest BCUT2D eigenvalue weighted by Crippen LogP contribution is 2.35. The molecular formula is C24H25N3O2. The molecule has 3 aliphatic rings. The zero-order valence-corrected chi connectivity index (χ0v) is 16.4. The Kier molecular flexibility index (Phi) is 6.04. The minimum atomic E-state index is -0.128. The van der Waals surface area contributed by atoms with Crippen molar-refractivity contribution in [2.45, 2.75) is 24.9 Å². The van der Waals surface area contributed by atoms with Crippen LogP contribution in [0.15, 0.2) is 82.7 Å². The Morgan fingerprint density at radius 3 is 2.83 bits per heavy atom. The van der Waals surface area contributed by atoms with E-state index in [9.17, 15) is 9.90 Å². The van der Waals surface area contributed by atoms with Gasteiger partial charge in [0.15, 0.2) is 0 Å². The molecular weight excluding hydrogens is 362 g/mol. The predicted molar refractivity (Wildman–Crippen MR) is 113 cm³/mol. The zero-order chi connectivity index (χ0) is 20.1. The van der Waals surface area contributed by atoms with Crippen molar-refractivity contribution in [1.82, 2.24) is 9.80 Å². The van der Waals surface area contributed by atoms with Crippen LogP contribution in [0.5, 0.6) is 0 Å². The van der Waals surface area contributed by atoms with Gasteiger partial charge < -0.3 is 10.0 Å². The summed E-state index contributed by atoms with van der Waals surface area (Å²) in [6.45, 7) is 1.80. The predicted octanol–water partition coefficient (Wildman–Crippen LogP) is 2.79. The number of rotatable bonds is 5. The maximum absolute atomic E-state index is 12.8. The number of aliphatic hydroxyl groups is 1. The van der Waals surface area contributed by atoms with Crippen molar-refractivity contribution in [3.05, 3.63) is 83.3 Å². The van der Waals surface area contributed by atoms with Crippen molar-refractivity contribution in [2.75, 3.05) is 26.2 Å². The number of benzene rings is 1. The fourth-order valence-corrected chi connectivity index (χ4v) is 4.25. The topological polar surface area (TPSA) is 56.1 Å². The van der Waals surface area contributed by atoms with E-state index in [0.717, 1.165) is 12.8 Å². The van der Waals surface area contributed by atoms with Crippen molar-refractivity contribution in [3.63, 3.8) is 0 Å². The molecule has 0 spiro atoms. The van der Waals surface area contributed by atoms with Gasteiger partial charge in [-0.15, -0.1) is 0 Å². The van der Waals surface area contributed by atoms with E-state index in [-0.39, 0.29) is 24.6 Å². The Morgan fingerprint density at radius 1 is 1.28 bits per heavy atom. The van der Waals surface area contributed by atoms with Gasteiger partial charge in [-0.05, 0) is 29.7 Å². The van der Waals surface area contributed by atoms with Crippen LogP contribution in [0.4, 0.5) is 0 Å². The quantitative estimate of drug-likeness (QED) is 0.791. The van der Waals surface area contributed by atoms with E-state index < -0.39 is 0 Å². The number of allylic oxidation sites excluding steroid dienone is 3. The number of aliphatic imine (C=N–C) groups is 1. The van der Waals surface area contributed by atoms with E-state index in [0.29, 0.717) is 25.2 Å². The van der Waals surface area contributed by atoms with E-state index in [2.05, 4.69) is 64.0 Å². The van der Waals surface area contributed by atoms with Crippen LogP contribution in [-0.4, -0.2) is 59.0 Å². The number of aliphatic hydroxyl groups excluding tert-OH is 1. The van der Waals surface area contributed by atoms with Gasteiger partial charge in [0.1, 0.15) is 0 Å². The van der Waals surface area contributed by atoms with E-state index in [1.807, 2.05) is 6.07 Å². The summed E-state index contributed by atoms with van der Waals surface area (Å²) in [7, 11) is 0. The van der Waals surface area contributed by atoms with Crippen molar-refractivity contribution in [3.8, 4) is 0 Å². The summed E-state index contributed by atoms with van der Waals surface area (Å²) in [4.78, 5) is 20.9. The van der Waals surface area contributed by atoms with E-state index in [1.54, 1.807) is 11.0 Å². The molecule has 1 fully saturated rings. The average molecular weight is 387 g/mol. The lowest BCUT2D eigenvalue weighted by atomic mass is 9.89. The molecule has 2 heterocycles. The molecule has 1 aromatic carbocycles. The number of carbonyl (C=O) groups is 1. The molecule has 4 rings (SSSR count). The second-order valence-corrected chi connectivity index (χ2v) is 7.46. The SMILES string of the molecule is O=C(C1=CN=C=C=C1)N1CCN(C(C2=CC=CCC2)c2ccccc2)C(CO)C1. The lowest BCUT2D eigenvalue weighted by molar-refractivity contribution is -0.130. The molecule has 0 bridgehead atoms. The van der Waals surface area contributed by atoms with Gasteiger partial charge in [0.25, 0.3) is 5.91 Å². The number of piperazine rings is 1. The van der Waals surface area contributed by atoms with Crippen LogP contribution in [-0.2, 0) is 4.79 Å². The largest absolute Gasteiger partial charge is 0.395 e. The monoisotopic (exact) mass is 387 g/mol. The van der Waals surface area contributed by atoms with Crippen molar-refractivity contribution < 1.29 is 9.90 Å². The van der Waals surface area contributed by atoms with Crippen LogP contribution in [0.1, 0.15) is 24.4 Å². The maximum Gasteiger partial charge on any atom is 0.256 e. The summed E-state index contributed by atoms with van der Waals surface area (Å²) < 4.78 is 0. The third-order valence-corrected chi connectivity index (χ3v) is 5.68. The molecule has 5 nitrogen and oxygen atoms in total. The third kappa shape index (κ3) is 4.24. The molecule has 1 aromatic rings. The number of carbonyl (C=O) groups excluding carboxylic acids is 1. The first-order valence-electron chi connectivity index (χ1n) is 10.1. The lowest BCUT2D eigenvalue weighted by Crippen LogP contribution is -2.57. The molecule has 0 saturated carbocycles. The molecule has 0 aromatic heterocycles. The fourth-order valence-electron chi connectivity index (χ4n) is 4.25. The van der Waals surface area contributed by atoms with Gasteiger partial charge in [0, 0.05) is 31.6 Å². The number of amides is 1. The van der Waals surface area contributed by atoms with Crippen LogP contribution < -0.4 is 0 Å². The molecule has 2 unspecified atom stereocenters. The first-order chi connectivity index (χ1) is 14.3. The number of hydrogen-bond acceptors (Lipinski definition) is 4. The Morgan fingerprint density at radius 2 is 2.14 bits per heavy atom. The summed E-state index contributed by atoms with van der Waals surface area (Å²) in [6.07, 6.45) is 11.7. The van der Waals surface area contributed by atoms with Gasteiger partial charge in [-0.3, -0.25) is 9.69 Å². The summed E-state index contributed by atoms with van der Waals surface area (Å²) in [5.41, 5.74) is 5.83. The maximum atomic E-state index is 12.8. The molecule has 0 radical (unpaired) electrons. The summed E-state index contributed by atoms with van der Waals surface area (Å²) in [5, 5.41) is 10.2. The van der Waals surface area contributed by atoms with Gasteiger partial charge in [-0.1, -0.05) is 48.6 Å². The molecule has 29 heavy (non-hydrogen) atoms. The zero-order valence-electron chi connectivity index (χ0n) is 16.4. The van der Waals surface area contributed by atoms with Gasteiger partial charge >= 0.3 is 0 Å². The minimum Gasteiger partial charge on any atom is -0.395 e. The van der Waals surface area contributed by atoms with Crippen molar-refractivity contribution in [1.29, 1.82) is 0 Å². The van der Waals surface area contributed by atoms with Crippen molar-refractivity contribution in [2.24, 2.45) is 4.99 Å². The smallest absolute Gasteiger partial charge is 0.256 e. The Hall–Kier alpha value is -2.94. The first-order valence-corrected chi connectivity index (χ1v) is 10.1. The van der Waals surface area contributed by atoms with E-state index in [4.69, 9.17) is 0 Å². The highest BCUT2D eigenvalue weighted by atomic mass is 16.3. The van der Waals surface area contributed by atoms with Crippen LogP contribution in [0.25, 0.3) is 0 Å². The van der Waals surface area contributed by atoms with Gasteiger partial charge in [-0.2, -0.15) is 0 Å². The second-order valence-electron chi connectivity index (χ2n) is 7.46. The molecule has 1 amide bonds. The molecule has 1 aliphatic carbocycles. The van der Waals surface area contributed by atoms with Gasteiger partial charge in [-0.25, -0.2) is 4.99 Å². The minimum absolute atomic E-state index is 0.00315. The lowest BCUT2D eigenvalue weighted by Gasteiger charge is -2.45. The van der Waals surface area contributed by atoms with Gasteiger partial charge in [0.2, 0.25) is 0 Å². The Balaban J connectivity index is 1.58. The molecule has 1 saturated heterocycles. The van der Waals surface area contributed by atoms with Crippen LogP contribution >= 0.6 is 0 Å². The highest BCUT2D eigenvalue weighted by molar-refractivity contribution is 5.97. The summed E-state index contributed by atoms with van der Waals surface area (Å²) in [6, 6.07) is 10.4. The molecule has 2 aliphatic heterocycles. The second kappa shape index (κ2) is 9.04. The van der Waals surface area contributed by atoms with E-state index >= 15 is 0 Å². The number of hydrogen-bond donors (Lipinski definition) is 1. The van der Waals surface area contributed by atoms with E-state index in [1.165, 1.54) is 17.3 Å². The normalized spacial score (nSPS) is 22.4. The van der Waals surface area contributed by atoms with Crippen LogP contribution in [0.2, 0.25) is 0 Å². The standard InChI is InChI=1S/C24H25N3O2/c28-18-22-17-26(24(29)21-12-7-13-25-16-21)14-15-27(22)23(19-8-3-1-4-9-19)20-10-5-2-6-11-20/h1-5,8-10,12,16,22-23,28H,6,11,14-15,17-18H2. The molecule has 148 valence electrons. The third-order valence-electron chi connectivity index (χ3n) is 5.68. The summed E-state index contributed by atoms with van der Waals surface area (Å²) >= 11 is 0. The van der Waals surface area contributed by atoms with Crippen LogP contribution in [0.3, 0.4) is 0 Å². The Labute approximate surface area is 171 Å². The molecule has 5 heteroatoms. The van der Waals surface area contributed by atoms with Crippen molar-refractivity contribution >= 4 is 11.8 Å². The van der Waals surface area contributed by atoms with Gasteiger partial charge in [0.05, 0.1) is 30.5 Å². The number of nitrogens with zero attached hydrogens (tertiary/aromatic N) is 3.